The van der Waals surface area contributed by atoms with Gasteiger partial charge < -0.3 is 33.9 Å². The summed E-state index contributed by atoms with van der Waals surface area (Å²) in [7, 11) is 1.61. The van der Waals surface area contributed by atoms with Crippen molar-refractivity contribution < 1.29 is 33.9 Å². The lowest BCUT2D eigenvalue weighted by molar-refractivity contribution is 0.0324. The van der Waals surface area contributed by atoms with Crippen molar-refractivity contribution in [2.75, 3.05) is 79.8 Å². The van der Waals surface area contributed by atoms with Crippen LogP contribution in [0.4, 0.5) is 0 Å². The number of unbranched alkanes of at least 4 members (excludes halogenated alkanes) is 3. The fourth-order valence-electron chi connectivity index (χ4n) is 1.92. The van der Waals surface area contributed by atoms with E-state index in [-0.39, 0.29) is 13.2 Å². The summed E-state index contributed by atoms with van der Waals surface area (Å²) < 4.78 is 25.0. The third-order valence-corrected chi connectivity index (χ3v) is 3.87. The lowest BCUT2D eigenvalue weighted by atomic mass is 10.3. The Morgan fingerprint density at radius 3 is 1.03 bits per heavy atom. The van der Waals surface area contributed by atoms with Crippen molar-refractivity contribution in [1.82, 2.24) is 0 Å². The first-order valence-corrected chi connectivity index (χ1v) is 12.8. The van der Waals surface area contributed by atoms with E-state index in [1.54, 1.807) is 7.11 Å². The van der Waals surface area contributed by atoms with E-state index >= 15 is 0 Å². The first kappa shape index (κ1) is 37.5. The summed E-state index contributed by atoms with van der Waals surface area (Å²) in [6.07, 6.45) is 7.18. The van der Waals surface area contributed by atoms with Gasteiger partial charge in [-0.05, 0) is 19.3 Å². The highest BCUT2D eigenvalue weighted by molar-refractivity contribution is 4.99. The Hall–Kier alpha value is -1.06. The van der Waals surface area contributed by atoms with Crippen molar-refractivity contribution in [3.05, 3.63) is 36.4 Å². The van der Waals surface area contributed by atoms with Crippen LogP contribution >= 0.6 is 0 Å². The standard InChI is InChI=1S/C8H18O3.C8H18O.C6H6.C5H12O3/c1-2-3-5-10-7-8-11-6-4-9;1-3-5-7-9-8-6-4-2;1-2-4-6-5-3-1;1-7-4-5-8-3-2-6/h9H,2-8H2,1H3;3-8H2,1-2H3;1-6H;6H,2-5H2,1H3. The third-order valence-electron chi connectivity index (χ3n) is 3.87. The zero-order valence-electron chi connectivity index (χ0n) is 22.4. The Kier molecular flexibility index (Phi) is 46.5. The predicted molar refractivity (Wildman–Crippen MR) is 140 cm³/mol. The quantitative estimate of drug-likeness (QED) is 0.271. The van der Waals surface area contributed by atoms with Crippen LogP contribution < -0.4 is 0 Å². The van der Waals surface area contributed by atoms with E-state index in [0.29, 0.717) is 39.6 Å². The number of aliphatic hydroxyl groups is 2. The van der Waals surface area contributed by atoms with Gasteiger partial charge in [0.05, 0.1) is 52.9 Å². The fraction of sp³-hybridized carbons (Fsp3) is 0.778. The summed E-state index contributed by atoms with van der Waals surface area (Å²) in [6.45, 7) is 12.6. The Morgan fingerprint density at radius 2 is 0.735 bits per heavy atom. The normalized spacial score (nSPS) is 9.71. The molecule has 0 aliphatic heterocycles. The highest BCUT2D eigenvalue weighted by Crippen LogP contribution is 1.91. The van der Waals surface area contributed by atoms with E-state index < -0.39 is 0 Å². The zero-order valence-corrected chi connectivity index (χ0v) is 22.4. The number of rotatable bonds is 19. The summed E-state index contributed by atoms with van der Waals surface area (Å²) in [5.74, 6) is 0. The smallest absolute Gasteiger partial charge is 0.0701 e. The van der Waals surface area contributed by atoms with E-state index in [0.717, 1.165) is 32.7 Å². The van der Waals surface area contributed by atoms with Crippen LogP contribution in [0.15, 0.2) is 36.4 Å². The summed E-state index contributed by atoms with van der Waals surface area (Å²) >= 11 is 0. The minimum atomic E-state index is 0.0870. The molecule has 1 aromatic carbocycles. The molecule has 1 rings (SSSR count). The van der Waals surface area contributed by atoms with Gasteiger partial charge in [-0.2, -0.15) is 0 Å². The predicted octanol–water partition coefficient (Wildman–Crippen LogP) is 4.74. The van der Waals surface area contributed by atoms with Crippen LogP contribution in [0.3, 0.4) is 0 Å². The monoisotopic (exact) mass is 490 g/mol. The van der Waals surface area contributed by atoms with Crippen LogP contribution in [-0.2, 0) is 23.7 Å². The van der Waals surface area contributed by atoms with Crippen molar-refractivity contribution in [2.45, 2.75) is 59.3 Å². The van der Waals surface area contributed by atoms with E-state index in [2.05, 4.69) is 25.5 Å². The zero-order chi connectivity index (χ0) is 25.8. The minimum Gasteiger partial charge on any atom is -0.394 e. The Labute approximate surface area is 209 Å². The van der Waals surface area contributed by atoms with Gasteiger partial charge in [-0.1, -0.05) is 76.4 Å². The van der Waals surface area contributed by atoms with Crippen LogP contribution in [0, 0.1) is 0 Å². The average molecular weight is 491 g/mol. The molecule has 7 heteroatoms. The SMILES string of the molecule is CCCCOCCCC.CCCCOCCOCCO.COCCOCCO.c1ccccc1. The number of ether oxygens (including phenoxy) is 5. The molecule has 0 unspecified atom stereocenters. The molecule has 0 aromatic heterocycles. The molecule has 204 valence electrons. The Balaban J connectivity index is -0.000000384. The van der Waals surface area contributed by atoms with E-state index in [1.807, 2.05) is 36.4 Å². The number of methoxy groups -OCH3 is 1. The van der Waals surface area contributed by atoms with Gasteiger partial charge in [0, 0.05) is 26.9 Å². The van der Waals surface area contributed by atoms with Gasteiger partial charge >= 0.3 is 0 Å². The highest BCUT2D eigenvalue weighted by atomic mass is 16.5. The van der Waals surface area contributed by atoms with Crippen molar-refractivity contribution in [1.29, 1.82) is 0 Å². The molecule has 7 nitrogen and oxygen atoms in total. The van der Waals surface area contributed by atoms with Gasteiger partial charge in [0.1, 0.15) is 0 Å². The first-order valence-electron chi connectivity index (χ1n) is 12.8. The number of aliphatic hydroxyl groups excluding tert-OH is 2. The molecular weight excluding hydrogens is 436 g/mol. The summed E-state index contributed by atoms with van der Waals surface area (Å²) in [5, 5.41) is 16.5. The van der Waals surface area contributed by atoms with Crippen molar-refractivity contribution >= 4 is 0 Å². The van der Waals surface area contributed by atoms with Gasteiger partial charge in [0.25, 0.3) is 0 Å². The summed E-state index contributed by atoms with van der Waals surface area (Å²) in [6, 6.07) is 12.0. The molecule has 0 spiro atoms. The molecule has 0 radical (unpaired) electrons. The van der Waals surface area contributed by atoms with Crippen molar-refractivity contribution in [2.24, 2.45) is 0 Å². The minimum absolute atomic E-state index is 0.0870. The molecule has 0 atom stereocenters. The Bertz CT molecular complexity index is 347. The Morgan fingerprint density at radius 1 is 0.441 bits per heavy atom. The van der Waals surface area contributed by atoms with Gasteiger partial charge in [0.2, 0.25) is 0 Å². The lowest BCUT2D eigenvalue weighted by Gasteiger charge is -2.02. The van der Waals surface area contributed by atoms with Crippen molar-refractivity contribution in [3.63, 3.8) is 0 Å². The number of benzene rings is 1. The van der Waals surface area contributed by atoms with E-state index in [9.17, 15) is 0 Å². The molecule has 2 N–H and O–H groups in total. The molecule has 0 saturated heterocycles. The third kappa shape index (κ3) is 48.4. The maximum Gasteiger partial charge on any atom is 0.0701 e. The molecule has 0 aliphatic rings. The first-order chi connectivity index (χ1) is 16.7. The largest absolute Gasteiger partial charge is 0.394 e. The average Bonchev–Trinajstić information content (AvgIpc) is 2.88. The molecule has 0 amide bonds. The molecule has 0 heterocycles. The molecule has 1 aromatic rings. The second-order valence-electron chi connectivity index (χ2n) is 7.10. The summed E-state index contributed by atoms with van der Waals surface area (Å²) in [5.41, 5.74) is 0. The second-order valence-corrected chi connectivity index (χ2v) is 7.10. The van der Waals surface area contributed by atoms with E-state index in [4.69, 9.17) is 29.2 Å². The van der Waals surface area contributed by atoms with Crippen LogP contribution in [0.2, 0.25) is 0 Å². The fourth-order valence-corrected chi connectivity index (χ4v) is 1.92. The lowest BCUT2D eigenvalue weighted by Crippen LogP contribution is -2.07. The van der Waals surface area contributed by atoms with Gasteiger partial charge in [-0.15, -0.1) is 0 Å². The topological polar surface area (TPSA) is 86.6 Å². The van der Waals surface area contributed by atoms with Crippen LogP contribution in [-0.4, -0.2) is 90.0 Å². The number of hydrogen-bond acceptors (Lipinski definition) is 7. The van der Waals surface area contributed by atoms with Gasteiger partial charge in [0.15, 0.2) is 0 Å². The summed E-state index contributed by atoms with van der Waals surface area (Å²) in [4.78, 5) is 0. The molecule has 0 saturated carbocycles. The van der Waals surface area contributed by atoms with Crippen molar-refractivity contribution in [3.8, 4) is 0 Å². The molecule has 0 bridgehead atoms. The van der Waals surface area contributed by atoms with Crippen LogP contribution in [0.5, 0.6) is 0 Å². The molecule has 34 heavy (non-hydrogen) atoms. The molecule has 0 aliphatic carbocycles. The maximum absolute atomic E-state index is 8.34. The second kappa shape index (κ2) is 42.1. The molecule has 0 fully saturated rings. The number of hydrogen-bond donors (Lipinski definition) is 2. The van der Waals surface area contributed by atoms with Crippen LogP contribution in [0.1, 0.15) is 59.3 Å². The van der Waals surface area contributed by atoms with Gasteiger partial charge in [-0.25, -0.2) is 0 Å². The van der Waals surface area contributed by atoms with E-state index in [1.165, 1.54) is 25.7 Å². The highest BCUT2D eigenvalue weighted by Gasteiger charge is 1.88. The van der Waals surface area contributed by atoms with Crippen LogP contribution in [0.25, 0.3) is 0 Å². The molecular formula is C27H54O7. The van der Waals surface area contributed by atoms with Gasteiger partial charge in [-0.3, -0.25) is 0 Å². The maximum atomic E-state index is 8.34.